The van der Waals surface area contributed by atoms with E-state index in [1.165, 1.54) is 5.56 Å². The van der Waals surface area contributed by atoms with Crippen LogP contribution in [0.2, 0.25) is 5.02 Å². The number of rotatable bonds is 9. The van der Waals surface area contributed by atoms with Crippen LogP contribution in [0.1, 0.15) is 32.6 Å². The molecule has 0 spiro atoms. The van der Waals surface area contributed by atoms with Crippen LogP contribution < -0.4 is 14.9 Å². The molecule has 0 saturated heterocycles. The van der Waals surface area contributed by atoms with Crippen molar-refractivity contribution in [2.45, 2.75) is 20.1 Å². The van der Waals surface area contributed by atoms with E-state index in [-0.39, 0.29) is 5.91 Å². The molecule has 0 aliphatic carbocycles. The van der Waals surface area contributed by atoms with Gasteiger partial charge >= 0.3 is 0 Å². The van der Waals surface area contributed by atoms with Crippen LogP contribution in [-0.4, -0.2) is 12.1 Å². The molecular formula is C29H25ClN2O3. The molecule has 0 heterocycles. The van der Waals surface area contributed by atoms with E-state index < -0.39 is 0 Å². The van der Waals surface area contributed by atoms with Crippen molar-refractivity contribution in [3.63, 3.8) is 0 Å². The van der Waals surface area contributed by atoms with Gasteiger partial charge in [0.1, 0.15) is 24.7 Å². The molecule has 35 heavy (non-hydrogen) atoms. The molecule has 1 N–H and O–H groups in total. The molecule has 6 heteroatoms. The largest absolute Gasteiger partial charge is 0.489 e. The maximum Gasteiger partial charge on any atom is 0.271 e. The van der Waals surface area contributed by atoms with Crippen LogP contribution in [0.25, 0.3) is 0 Å². The number of amides is 1. The van der Waals surface area contributed by atoms with Crippen molar-refractivity contribution >= 4 is 23.7 Å². The number of ether oxygens (including phenoxy) is 2. The summed E-state index contributed by atoms with van der Waals surface area (Å²) in [5, 5.41) is 4.76. The Hall–Kier alpha value is -4.09. The second kappa shape index (κ2) is 11.9. The van der Waals surface area contributed by atoms with Gasteiger partial charge in [0.25, 0.3) is 5.91 Å². The number of nitrogens with one attached hydrogen (secondary N) is 1. The highest BCUT2D eigenvalue weighted by molar-refractivity contribution is 6.30. The highest BCUT2D eigenvalue weighted by Crippen LogP contribution is 2.17. The highest BCUT2D eigenvalue weighted by Gasteiger charge is 2.05. The van der Waals surface area contributed by atoms with Gasteiger partial charge in [-0.25, -0.2) is 5.43 Å². The van der Waals surface area contributed by atoms with Crippen molar-refractivity contribution in [2.24, 2.45) is 5.10 Å². The topological polar surface area (TPSA) is 59.9 Å². The molecule has 4 rings (SSSR count). The molecule has 4 aromatic rings. The van der Waals surface area contributed by atoms with E-state index >= 15 is 0 Å². The lowest BCUT2D eigenvalue weighted by molar-refractivity contribution is 0.0955. The third-order valence-corrected chi connectivity index (χ3v) is 5.45. The molecule has 5 nitrogen and oxygen atoms in total. The van der Waals surface area contributed by atoms with Gasteiger partial charge in [0.2, 0.25) is 0 Å². The molecule has 0 bridgehead atoms. The first kappa shape index (κ1) is 24.0. The van der Waals surface area contributed by atoms with Crippen molar-refractivity contribution in [2.75, 3.05) is 0 Å². The fraction of sp³-hybridized carbons (Fsp3) is 0.103. The summed E-state index contributed by atoms with van der Waals surface area (Å²) in [6, 6.07) is 30.1. The van der Waals surface area contributed by atoms with Crippen LogP contribution in [0, 0.1) is 6.92 Å². The average Bonchev–Trinajstić information content (AvgIpc) is 2.88. The molecule has 0 aromatic heterocycles. The van der Waals surface area contributed by atoms with Gasteiger partial charge in [0.15, 0.2) is 0 Å². The van der Waals surface area contributed by atoms with E-state index in [1.807, 2.05) is 67.6 Å². The van der Waals surface area contributed by atoms with Gasteiger partial charge in [-0.15, -0.1) is 0 Å². The second-order valence-corrected chi connectivity index (χ2v) is 8.42. The smallest absolute Gasteiger partial charge is 0.271 e. The van der Waals surface area contributed by atoms with Gasteiger partial charge in [-0.1, -0.05) is 65.7 Å². The van der Waals surface area contributed by atoms with E-state index in [9.17, 15) is 4.79 Å². The lowest BCUT2D eigenvalue weighted by Gasteiger charge is -2.08. The van der Waals surface area contributed by atoms with Crippen molar-refractivity contribution in [1.82, 2.24) is 5.43 Å². The fourth-order valence-electron chi connectivity index (χ4n) is 3.22. The molecule has 0 fully saturated rings. The summed E-state index contributed by atoms with van der Waals surface area (Å²) in [7, 11) is 0. The fourth-order valence-corrected chi connectivity index (χ4v) is 3.34. The molecule has 0 aliphatic rings. The lowest BCUT2D eigenvalue weighted by Crippen LogP contribution is -2.17. The highest BCUT2D eigenvalue weighted by atomic mass is 35.5. The summed E-state index contributed by atoms with van der Waals surface area (Å²) >= 11 is 5.91. The normalized spacial score (nSPS) is 10.8. The second-order valence-electron chi connectivity index (χ2n) is 7.99. The Labute approximate surface area is 210 Å². The van der Waals surface area contributed by atoms with Crippen LogP contribution >= 0.6 is 11.6 Å². The van der Waals surface area contributed by atoms with Crippen molar-refractivity contribution in [3.05, 3.63) is 130 Å². The molecule has 0 aliphatic heterocycles. The molecule has 0 radical (unpaired) electrons. The molecule has 1 amide bonds. The zero-order valence-corrected chi connectivity index (χ0v) is 20.0. The minimum absolute atomic E-state index is 0.304. The van der Waals surface area contributed by atoms with E-state index in [0.717, 1.165) is 16.7 Å². The number of aryl methyl sites for hydroxylation is 1. The third-order valence-electron chi connectivity index (χ3n) is 5.20. The van der Waals surface area contributed by atoms with E-state index in [4.69, 9.17) is 21.1 Å². The van der Waals surface area contributed by atoms with Crippen molar-refractivity contribution in [1.29, 1.82) is 0 Å². The first-order valence-electron chi connectivity index (χ1n) is 11.1. The average molecular weight is 485 g/mol. The minimum atomic E-state index is -0.304. The van der Waals surface area contributed by atoms with Gasteiger partial charge in [-0.3, -0.25) is 4.79 Å². The number of hydrazone groups is 1. The van der Waals surface area contributed by atoms with Crippen molar-refractivity contribution in [3.8, 4) is 11.5 Å². The SMILES string of the molecule is Cc1ccc(COc2ccc(C(=O)N/N=C/c3cccc(OCc4ccc(Cl)cc4)c3)cc2)cc1. The van der Waals surface area contributed by atoms with Crippen LogP contribution in [0.5, 0.6) is 11.5 Å². The summed E-state index contributed by atoms with van der Waals surface area (Å²) in [6.45, 7) is 2.95. The number of benzene rings is 4. The Morgan fingerprint density at radius 1 is 0.829 bits per heavy atom. The molecule has 176 valence electrons. The van der Waals surface area contributed by atoms with Crippen LogP contribution in [0.4, 0.5) is 0 Å². The third kappa shape index (κ3) is 7.45. The maximum atomic E-state index is 12.4. The summed E-state index contributed by atoms with van der Waals surface area (Å²) < 4.78 is 11.6. The Morgan fingerprint density at radius 2 is 1.46 bits per heavy atom. The van der Waals surface area contributed by atoms with Crippen molar-refractivity contribution < 1.29 is 14.3 Å². The predicted molar refractivity (Wildman–Crippen MR) is 139 cm³/mol. The monoisotopic (exact) mass is 484 g/mol. The van der Waals surface area contributed by atoms with E-state index in [2.05, 4.69) is 22.7 Å². The van der Waals surface area contributed by atoms with Gasteiger partial charge in [0, 0.05) is 10.6 Å². The number of nitrogens with zero attached hydrogens (tertiary/aromatic N) is 1. The summed E-state index contributed by atoms with van der Waals surface area (Å²) in [5.74, 6) is 1.10. The molecule has 0 unspecified atom stereocenters. The van der Waals surface area contributed by atoms with Gasteiger partial charge in [-0.05, 0) is 72.1 Å². The molecule has 0 atom stereocenters. The first-order valence-corrected chi connectivity index (χ1v) is 11.5. The number of hydrogen-bond acceptors (Lipinski definition) is 4. The van der Waals surface area contributed by atoms with Crippen LogP contribution in [0.3, 0.4) is 0 Å². The van der Waals surface area contributed by atoms with Crippen LogP contribution in [0.15, 0.2) is 102 Å². The summed E-state index contributed by atoms with van der Waals surface area (Å²) in [4.78, 5) is 12.4. The number of hydrogen-bond donors (Lipinski definition) is 1. The first-order chi connectivity index (χ1) is 17.0. The summed E-state index contributed by atoms with van der Waals surface area (Å²) in [5.41, 5.74) is 7.16. The maximum absolute atomic E-state index is 12.4. The zero-order chi connectivity index (χ0) is 24.5. The zero-order valence-electron chi connectivity index (χ0n) is 19.3. The number of carbonyl (C=O) groups is 1. The molecular weight excluding hydrogens is 460 g/mol. The van der Waals surface area contributed by atoms with Gasteiger partial charge in [0.05, 0.1) is 6.21 Å². The molecule has 0 saturated carbocycles. The lowest BCUT2D eigenvalue weighted by atomic mass is 10.2. The van der Waals surface area contributed by atoms with Crippen LogP contribution in [-0.2, 0) is 13.2 Å². The van der Waals surface area contributed by atoms with Gasteiger partial charge in [-0.2, -0.15) is 5.10 Å². The Morgan fingerprint density at radius 3 is 2.14 bits per heavy atom. The minimum Gasteiger partial charge on any atom is -0.489 e. The predicted octanol–water partition coefficient (Wildman–Crippen LogP) is 6.57. The van der Waals surface area contributed by atoms with Gasteiger partial charge < -0.3 is 9.47 Å². The molecule has 4 aromatic carbocycles. The Balaban J connectivity index is 1.26. The Bertz CT molecular complexity index is 1290. The Kier molecular flexibility index (Phi) is 8.15. The quantitative estimate of drug-likeness (QED) is 0.216. The number of carbonyl (C=O) groups excluding carboxylic acids is 1. The summed E-state index contributed by atoms with van der Waals surface area (Å²) in [6.07, 6.45) is 1.58. The van der Waals surface area contributed by atoms with E-state index in [0.29, 0.717) is 35.3 Å². The standard InChI is InChI=1S/C29H25ClN2O3/c1-21-5-7-22(8-6-21)19-34-27-15-11-25(12-16-27)29(33)32-31-18-24-3-2-4-28(17-24)35-20-23-9-13-26(30)14-10-23/h2-18H,19-20H2,1H3,(H,32,33)/b31-18+. The van der Waals surface area contributed by atoms with E-state index in [1.54, 1.807) is 30.5 Å². The number of halogens is 1.